The Hall–Kier alpha value is -0.610. The lowest BCUT2D eigenvalue weighted by Crippen LogP contribution is -2.41. The second kappa shape index (κ2) is 7.10. The fraction of sp³-hybridized carbons (Fsp3) is 0.929. The molecule has 1 unspecified atom stereocenters. The van der Waals surface area contributed by atoms with Gasteiger partial charge in [-0.1, -0.05) is 6.42 Å². The summed E-state index contributed by atoms with van der Waals surface area (Å²) in [5.74, 6) is 0.330. The fourth-order valence-electron chi connectivity index (χ4n) is 2.97. The lowest BCUT2D eigenvalue weighted by molar-refractivity contribution is -0.133. The molecule has 2 saturated heterocycles. The largest absolute Gasteiger partial charge is 0.381 e. The number of hydrogen-bond acceptors (Lipinski definition) is 3. The molecule has 0 aliphatic carbocycles. The number of amides is 1. The van der Waals surface area contributed by atoms with Crippen LogP contribution in [0, 0.1) is 0 Å². The first-order chi connectivity index (χ1) is 8.79. The van der Waals surface area contributed by atoms with Gasteiger partial charge >= 0.3 is 0 Å². The maximum Gasteiger partial charge on any atom is 0.222 e. The molecule has 0 aromatic rings. The number of nitrogens with zero attached hydrogens (tertiary/aromatic N) is 1. The molecule has 104 valence electrons. The summed E-state index contributed by atoms with van der Waals surface area (Å²) in [6, 6.07) is 0.569. The molecule has 1 amide bonds. The molecule has 18 heavy (non-hydrogen) atoms. The van der Waals surface area contributed by atoms with Crippen LogP contribution in [0.1, 0.15) is 44.9 Å². The highest BCUT2D eigenvalue weighted by atomic mass is 16.5. The van der Waals surface area contributed by atoms with Gasteiger partial charge in [0.05, 0.1) is 6.10 Å². The number of carbonyl (C=O) groups excluding carboxylic acids is 1. The molecule has 0 saturated carbocycles. The zero-order valence-electron chi connectivity index (χ0n) is 11.5. The van der Waals surface area contributed by atoms with Gasteiger partial charge in [-0.2, -0.15) is 0 Å². The Labute approximate surface area is 110 Å². The summed E-state index contributed by atoms with van der Waals surface area (Å²) in [5, 5.41) is 3.50. The van der Waals surface area contributed by atoms with Crippen molar-refractivity contribution in [3.05, 3.63) is 0 Å². The molecular formula is C14H26N2O2. The maximum atomic E-state index is 12.1. The van der Waals surface area contributed by atoms with Crippen LogP contribution in [0.25, 0.3) is 0 Å². The zero-order valence-corrected chi connectivity index (χ0v) is 11.5. The third-order valence-corrected chi connectivity index (χ3v) is 4.25. The van der Waals surface area contributed by atoms with Crippen LogP contribution >= 0.6 is 0 Å². The Bertz CT molecular complexity index is 257. The van der Waals surface area contributed by atoms with Crippen LogP contribution in [-0.4, -0.2) is 49.7 Å². The summed E-state index contributed by atoms with van der Waals surface area (Å²) in [6.45, 7) is 2.86. The molecule has 0 bridgehead atoms. The first-order valence-electron chi connectivity index (χ1n) is 7.33. The van der Waals surface area contributed by atoms with Crippen LogP contribution in [0.4, 0.5) is 0 Å². The van der Waals surface area contributed by atoms with E-state index in [2.05, 4.69) is 5.32 Å². The molecule has 4 heteroatoms. The van der Waals surface area contributed by atoms with E-state index in [1.165, 1.54) is 19.3 Å². The van der Waals surface area contributed by atoms with Crippen molar-refractivity contribution in [3.8, 4) is 0 Å². The number of piperidine rings is 2. The van der Waals surface area contributed by atoms with Gasteiger partial charge in [0.15, 0.2) is 0 Å². The van der Waals surface area contributed by atoms with Gasteiger partial charge in [-0.25, -0.2) is 0 Å². The molecule has 2 fully saturated rings. The van der Waals surface area contributed by atoms with Gasteiger partial charge in [0.2, 0.25) is 5.91 Å². The van der Waals surface area contributed by atoms with E-state index < -0.39 is 0 Å². The van der Waals surface area contributed by atoms with Gasteiger partial charge in [0.25, 0.3) is 0 Å². The van der Waals surface area contributed by atoms with Crippen molar-refractivity contribution in [2.45, 2.75) is 57.1 Å². The molecule has 2 aliphatic rings. The van der Waals surface area contributed by atoms with E-state index in [1.54, 1.807) is 7.11 Å². The number of carbonyl (C=O) groups is 1. The Balaban J connectivity index is 1.65. The van der Waals surface area contributed by atoms with Crippen LogP contribution in [0.5, 0.6) is 0 Å². The Morgan fingerprint density at radius 3 is 2.67 bits per heavy atom. The van der Waals surface area contributed by atoms with Crippen LogP contribution in [0.15, 0.2) is 0 Å². The summed E-state index contributed by atoms with van der Waals surface area (Å²) in [6.07, 6.45) is 7.87. The second-order valence-electron chi connectivity index (χ2n) is 5.50. The SMILES string of the molecule is COC1CCN(C(=O)CCC2CCCCN2)CC1. The minimum absolute atomic E-state index is 0.330. The van der Waals surface area contributed by atoms with Crippen LogP contribution in [-0.2, 0) is 9.53 Å². The Morgan fingerprint density at radius 1 is 1.28 bits per heavy atom. The highest BCUT2D eigenvalue weighted by Gasteiger charge is 2.23. The molecular weight excluding hydrogens is 228 g/mol. The minimum atomic E-state index is 0.330. The van der Waals surface area contributed by atoms with Crippen molar-refractivity contribution in [1.29, 1.82) is 0 Å². The second-order valence-corrected chi connectivity index (χ2v) is 5.50. The number of nitrogens with one attached hydrogen (secondary N) is 1. The Kier molecular flexibility index (Phi) is 5.45. The lowest BCUT2D eigenvalue weighted by Gasteiger charge is -2.32. The standard InChI is InChI=1S/C14H26N2O2/c1-18-13-7-10-16(11-8-13)14(17)6-5-12-4-2-3-9-15-12/h12-13,15H,2-11H2,1H3. The highest BCUT2D eigenvalue weighted by molar-refractivity contribution is 5.76. The number of methoxy groups -OCH3 is 1. The van der Waals surface area contributed by atoms with Crippen LogP contribution < -0.4 is 5.32 Å². The van der Waals surface area contributed by atoms with Crippen molar-refractivity contribution >= 4 is 5.91 Å². The number of ether oxygens (including phenoxy) is 1. The molecule has 0 radical (unpaired) electrons. The Morgan fingerprint density at radius 2 is 2.06 bits per heavy atom. The number of rotatable bonds is 4. The predicted octanol–water partition coefficient (Wildman–Crippen LogP) is 1.55. The summed E-state index contributed by atoms with van der Waals surface area (Å²) in [5.41, 5.74) is 0. The van der Waals surface area contributed by atoms with Gasteiger partial charge < -0.3 is 15.0 Å². The van der Waals surface area contributed by atoms with Crippen molar-refractivity contribution in [3.63, 3.8) is 0 Å². The smallest absolute Gasteiger partial charge is 0.222 e. The normalized spacial score (nSPS) is 26.3. The molecule has 2 rings (SSSR count). The number of hydrogen-bond donors (Lipinski definition) is 1. The lowest BCUT2D eigenvalue weighted by atomic mass is 10.00. The van der Waals surface area contributed by atoms with Gasteiger partial charge in [0, 0.05) is 32.7 Å². The summed E-state index contributed by atoms with van der Waals surface area (Å²) < 4.78 is 5.33. The average molecular weight is 254 g/mol. The van der Waals surface area contributed by atoms with Gasteiger partial charge in [-0.15, -0.1) is 0 Å². The third kappa shape index (κ3) is 3.95. The fourth-order valence-corrected chi connectivity index (χ4v) is 2.97. The van der Waals surface area contributed by atoms with E-state index in [4.69, 9.17) is 4.74 Å². The molecule has 0 spiro atoms. The zero-order chi connectivity index (χ0) is 12.8. The quantitative estimate of drug-likeness (QED) is 0.827. The summed E-state index contributed by atoms with van der Waals surface area (Å²) >= 11 is 0. The van der Waals surface area contributed by atoms with Crippen LogP contribution in [0.2, 0.25) is 0 Å². The van der Waals surface area contributed by atoms with Gasteiger partial charge in [-0.05, 0) is 38.6 Å². The van der Waals surface area contributed by atoms with E-state index in [9.17, 15) is 4.79 Å². The minimum Gasteiger partial charge on any atom is -0.381 e. The van der Waals surface area contributed by atoms with E-state index in [0.717, 1.165) is 38.9 Å². The predicted molar refractivity (Wildman–Crippen MR) is 71.5 cm³/mol. The topological polar surface area (TPSA) is 41.6 Å². The van der Waals surface area contributed by atoms with Crippen molar-refractivity contribution < 1.29 is 9.53 Å². The van der Waals surface area contributed by atoms with E-state index in [-0.39, 0.29) is 0 Å². The summed E-state index contributed by atoms with van der Waals surface area (Å²) in [4.78, 5) is 14.1. The first-order valence-corrected chi connectivity index (χ1v) is 7.33. The first kappa shape index (κ1) is 13.8. The van der Waals surface area contributed by atoms with Crippen molar-refractivity contribution in [2.75, 3.05) is 26.7 Å². The van der Waals surface area contributed by atoms with E-state index in [1.807, 2.05) is 4.90 Å². The van der Waals surface area contributed by atoms with Crippen LogP contribution in [0.3, 0.4) is 0 Å². The maximum absolute atomic E-state index is 12.1. The molecule has 2 aliphatic heterocycles. The van der Waals surface area contributed by atoms with E-state index >= 15 is 0 Å². The highest BCUT2D eigenvalue weighted by Crippen LogP contribution is 2.16. The molecule has 0 aromatic carbocycles. The van der Waals surface area contributed by atoms with Crippen molar-refractivity contribution in [1.82, 2.24) is 10.2 Å². The van der Waals surface area contributed by atoms with Gasteiger partial charge in [-0.3, -0.25) is 4.79 Å². The molecule has 0 aromatic heterocycles. The monoisotopic (exact) mass is 254 g/mol. The van der Waals surface area contributed by atoms with Crippen molar-refractivity contribution in [2.24, 2.45) is 0 Å². The summed E-state index contributed by atoms with van der Waals surface area (Å²) in [7, 11) is 1.76. The molecule has 2 heterocycles. The number of likely N-dealkylation sites (tertiary alicyclic amines) is 1. The van der Waals surface area contributed by atoms with Gasteiger partial charge in [0.1, 0.15) is 0 Å². The molecule has 1 atom stereocenters. The third-order valence-electron chi connectivity index (χ3n) is 4.25. The average Bonchev–Trinajstić information content (AvgIpc) is 2.46. The van der Waals surface area contributed by atoms with E-state index in [0.29, 0.717) is 24.5 Å². The molecule has 4 nitrogen and oxygen atoms in total. The molecule has 1 N–H and O–H groups in total.